The molecule has 0 unspecified atom stereocenters. The highest BCUT2D eigenvalue weighted by atomic mass is 19.3. The number of hydrogen-bond donors (Lipinski definition) is 1. The molecule has 1 aromatic rings. The van der Waals surface area contributed by atoms with E-state index < -0.39 is 41.3 Å². The number of alkyl halides is 2. The molecule has 0 fully saturated rings. The monoisotopic (exact) mass is 240 g/mol. The lowest BCUT2D eigenvalue weighted by Gasteiger charge is -2.15. The van der Waals surface area contributed by atoms with E-state index in [1.807, 2.05) is 0 Å². The highest BCUT2D eigenvalue weighted by molar-refractivity contribution is 5.68. The predicted octanol–water partition coefficient (Wildman–Crippen LogP) is 2.67. The van der Waals surface area contributed by atoms with E-state index in [1.54, 1.807) is 0 Å². The number of hydrogen-bond acceptors (Lipinski definition) is 1. The molecular weight excluding hydrogens is 235 g/mol. The van der Waals surface area contributed by atoms with Crippen molar-refractivity contribution in [2.24, 2.45) is 0 Å². The molecule has 0 saturated carbocycles. The quantitative estimate of drug-likeness (QED) is 0.824. The molecule has 0 aliphatic rings. The SMILES string of the molecule is O=C(O)CC(F)(F)c1c(F)cc(F)cc1F. The Labute approximate surface area is 86.3 Å². The minimum atomic E-state index is -4.23. The number of rotatable bonds is 3. The van der Waals surface area contributed by atoms with Gasteiger partial charge in [-0.1, -0.05) is 0 Å². The standard InChI is InChI=1S/C9H5F5O2/c10-4-1-5(11)8(6(12)2-4)9(13,14)3-7(15)16/h1-2H,3H2,(H,15,16). The Hall–Kier alpha value is -1.66. The minimum Gasteiger partial charge on any atom is -0.481 e. The number of halogens is 5. The van der Waals surface area contributed by atoms with Gasteiger partial charge in [0.1, 0.15) is 23.9 Å². The number of benzene rings is 1. The summed E-state index contributed by atoms with van der Waals surface area (Å²) in [6.45, 7) is 0. The van der Waals surface area contributed by atoms with Crippen LogP contribution in [0.5, 0.6) is 0 Å². The van der Waals surface area contributed by atoms with Crippen LogP contribution in [0.2, 0.25) is 0 Å². The van der Waals surface area contributed by atoms with Gasteiger partial charge in [0, 0.05) is 12.1 Å². The summed E-state index contributed by atoms with van der Waals surface area (Å²) in [5, 5.41) is 8.15. The molecule has 1 aromatic carbocycles. The molecule has 0 spiro atoms. The lowest BCUT2D eigenvalue weighted by Crippen LogP contribution is -2.22. The summed E-state index contributed by atoms with van der Waals surface area (Å²) in [5.74, 6) is -11.1. The average molecular weight is 240 g/mol. The first kappa shape index (κ1) is 12.4. The Kier molecular flexibility index (Phi) is 3.16. The third-order valence-electron chi connectivity index (χ3n) is 1.75. The number of carbonyl (C=O) groups is 1. The van der Waals surface area contributed by atoms with Gasteiger partial charge in [-0.25, -0.2) is 22.0 Å². The molecule has 1 rings (SSSR count). The van der Waals surface area contributed by atoms with Crippen LogP contribution in [-0.2, 0) is 10.7 Å². The Morgan fingerprint density at radius 1 is 1.19 bits per heavy atom. The molecule has 0 bridgehead atoms. The van der Waals surface area contributed by atoms with Crippen molar-refractivity contribution in [3.63, 3.8) is 0 Å². The van der Waals surface area contributed by atoms with Crippen LogP contribution in [-0.4, -0.2) is 11.1 Å². The van der Waals surface area contributed by atoms with E-state index in [4.69, 9.17) is 5.11 Å². The molecule has 0 saturated heterocycles. The van der Waals surface area contributed by atoms with E-state index in [-0.39, 0.29) is 12.1 Å². The van der Waals surface area contributed by atoms with Gasteiger partial charge in [-0.3, -0.25) is 4.79 Å². The maximum atomic E-state index is 13.1. The van der Waals surface area contributed by atoms with Crippen molar-refractivity contribution in [3.8, 4) is 0 Å². The van der Waals surface area contributed by atoms with E-state index in [0.717, 1.165) is 0 Å². The van der Waals surface area contributed by atoms with E-state index >= 15 is 0 Å². The fraction of sp³-hybridized carbons (Fsp3) is 0.222. The summed E-state index contributed by atoms with van der Waals surface area (Å²) < 4.78 is 64.4. The third kappa shape index (κ3) is 2.47. The smallest absolute Gasteiger partial charge is 0.309 e. The zero-order valence-corrected chi connectivity index (χ0v) is 7.61. The van der Waals surface area contributed by atoms with Gasteiger partial charge >= 0.3 is 5.97 Å². The van der Waals surface area contributed by atoms with Crippen LogP contribution < -0.4 is 0 Å². The lowest BCUT2D eigenvalue weighted by atomic mass is 10.0. The van der Waals surface area contributed by atoms with Crippen molar-refractivity contribution < 1.29 is 31.9 Å². The summed E-state index contributed by atoms with van der Waals surface area (Å²) in [6, 6.07) is 0.127. The van der Waals surface area contributed by atoms with E-state index in [2.05, 4.69) is 0 Å². The maximum Gasteiger partial charge on any atom is 0.309 e. The molecule has 0 aliphatic heterocycles. The first-order valence-corrected chi connectivity index (χ1v) is 3.98. The van der Waals surface area contributed by atoms with Crippen LogP contribution in [0, 0.1) is 17.5 Å². The largest absolute Gasteiger partial charge is 0.481 e. The maximum absolute atomic E-state index is 13.1. The van der Waals surface area contributed by atoms with Gasteiger partial charge in [-0.15, -0.1) is 0 Å². The first-order chi connectivity index (χ1) is 7.24. The fourth-order valence-corrected chi connectivity index (χ4v) is 1.17. The van der Waals surface area contributed by atoms with Crippen LogP contribution in [0.3, 0.4) is 0 Å². The van der Waals surface area contributed by atoms with Crippen LogP contribution in [0.25, 0.3) is 0 Å². The summed E-state index contributed by atoms with van der Waals surface area (Å²) in [7, 11) is 0. The highest BCUT2D eigenvalue weighted by Gasteiger charge is 2.40. The van der Waals surface area contributed by atoms with Crippen LogP contribution in [0.4, 0.5) is 22.0 Å². The Bertz CT molecular complexity index is 407. The first-order valence-electron chi connectivity index (χ1n) is 3.98. The Balaban J connectivity index is 3.27. The zero-order chi connectivity index (χ0) is 12.5. The van der Waals surface area contributed by atoms with Crippen molar-refractivity contribution in [3.05, 3.63) is 35.1 Å². The average Bonchev–Trinajstić information content (AvgIpc) is 1.96. The second-order valence-electron chi connectivity index (χ2n) is 3.02. The van der Waals surface area contributed by atoms with Gasteiger partial charge in [0.15, 0.2) is 0 Å². The van der Waals surface area contributed by atoms with Gasteiger partial charge in [0.05, 0.1) is 5.56 Å². The molecule has 16 heavy (non-hydrogen) atoms. The summed E-state index contributed by atoms with van der Waals surface area (Å²) in [6.07, 6.45) is -1.77. The van der Waals surface area contributed by atoms with Crippen LogP contribution in [0.1, 0.15) is 12.0 Å². The third-order valence-corrected chi connectivity index (χ3v) is 1.75. The van der Waals surface area contributed by atoms with Crippen molar-refractivity contribution in [1.82, 2.24) is 0 Å². The van der Waals surface area contributed by atoms with E-state index in [0.29, 0.717) is 0 Å². The molecule has 1 N–H and O–H groups in total. The molecule has 7 heteroatoms. The molecule has 88 valence electrons. The summed E-state index contributed by atoms with van der Waals surface area (Å²) in [4.78, 5) is 10.1. The molecule has 0 aromatic heterocycles. The molecule has 0 atom stereocenters. The topological polar surface area (TPSA) is 37.3 Å². The normalized spacial score (nSPS) is 11.6. The molecular formula is C9H5F5O2. The Morgan fingerprint density at radius 2 is 1.62 bits per heavy atom. The van der Waals surface area contributed by atoms with Crippen molar-refractivity contribution >= 4 is 5.97 Å². The molecule has 0 aliphatic carbocycles. The number of aliphatic carboxylic acids is 1. The van der Waals surface area contributed by atoms with Gasteiger partial charge in [-0.2, -0.15) is 0 Å². The van der Waals surface area contributed by atoms with Gasteiger partial charge in [0.2, 0.25) is 0 Å². The van der Waals surface area contributed by atoms with Gasteiger partial charge in [0.25, 0.3) is 5.92 Å². The van der Waals surface area contributed by atoms with Gasteiger partial charge < -0.3 is 5.11 Å². The van der Waals surface area contributed by atoms with Crippen molar-refractivity contribution in [2.45, 2.75) is 12.3 Å². The second kappa shape index (κ2) is 4.07. The highest BCUT2D eigenvalue weighted by Crippen LogP contribution is 2.35. The molecule has 0 heterocycles. The molecule has 0 amide bonds. The molecule has 2 nitrogen and oxygen atoms in total. The zero-order valence-electron chi connectivity index (χ0n) is 7.61. The van der Waals surface area contributed by atoms with Crippen molar-refractivity contribution in [2.75, 3.05) is 0 Å². The lowest BCUT2D eigenvalue weighted by molar-refractivity contribution is -0.145. The van der Waals surface area contributed by atoms with Gasteiger partial charge in [-0.05, 0) is 0 Å². The van der Waals surface area contributed by atoms with E-state index in [9.17, 15) is 26.7 Å². The fourth-order valence-electron chi connectivity index (χ4n) is 1.17. The van der Waals surface area contributed by atoms with E-state index in [1.165, 1.54) is 0 Å². The molecule has 0 radical (unpaired) electrons. The Morgan fingerprint density at radius 3 is 2.00 bits per heavy atom. The number of carboxylic acid groups (broad SMARTS) is 1. The predicted molar refractivity (Wildman–Crippen MR) is 42.5 cm³/mol. The second-order valence-corrected chi connectivity index (χ2v) is 3.02. The van der Waals surface area contributed by atoms with Crippen molar-refractivity contribution in [1.29, 1.82) is 0 Å². The number of carboxylic acids is 1. The summed E-state index contributed by atoms with van der Waals surface area (Å²) in [5.41, 5.74) is -1.74. The minimum absolute atomic E-state index is 0.0637. The van der Waals surface area contributed by atoms with Crippen LogP contribution in [0.15, 0.2) is 12.1 Å². The van der Waals surface area contributed by atoms with Crippen LogP contribution >= 0.6 is 0 Å². The summed E-state index contributed by atoms with van der Waals surface area (Å²) >= 11 is 0.